The number of aromatic nitrogens is 1. The fourth-order valence-corrected chi connectivity index (χ4v) is 3.63. The van der Waals surface area contributed by atoms with Gasteiger partial charge in [-0.1, -0.05) is 12.8 Å². The summed E-state index contributed by atoms with van der Waals surface area (Å²) in [7, 11) is 1.73. The molecule has 0 aliphatic heterocycles. The van der Waals surface area contributed by atoms with Crippen molar-refractivity contribution in [3.05, 3.63) is 11.1 Å². The maximum absolute atomic E-state index is 5.02. The van der Waals surface area contributed by atoms with Gasteiger partial charge in [0.15, 0.2) is 5.13 Å². The lowest BCUT2D eigenvalue weighted by Crippen LogP contribution is -2.32. The van der Waals surface area contributed by atoms with E-state index in [0.717, 1.165) is 31.9 Å². The van der Waals surface area contributed by atoms with E-state index >= 15 is 0 Å². The lowest BCUT2D eigenvalue weighted by Gasteiger charge is -2.26. The molecule has 0 spiro atoms. The number of ether oxygens (including phenoxy) is 1. The molecule has 1 aromatic heterocycles. The Morgan fingerprint density at radius 1 is 1.47 bits per heavy atom. The predicted molar refractivity (Wildman–Crippen MR) is 81.0 cm³/mol. The van der Waals surface area contributed by atoms with Crippen molar-refractivity contribution >= 4 is 16.5 Å². The summed E-state index contributed by atoms with van der Waals surface area (Å²) in [4.78, 5) is 7.25. The van der Waals surface area contributed by atoms with Crippen LogP contribution in [0.25, 0.3) is 0 Å². The van der Waals surface area contributed by atoms with Crippen molar-refractivity contribution in [1.82, 2.24) is 10.3 Å². The van der Waals surface area contributed by atoms with E-state index < -0.39 is 0 Å². The second-order valence-corrected chi connectivity index (χ2v) is 5.85. The molecular formula is C14H25N3OS. The zero-order chi connectivity index (χ0) is 13.5. The Labute approximate surface area is 120 Å². The summed E-state index contributed by atoms with van der Waals surface area (Å²) in [5.41, 5.74) is 1.15. The van der Waals surface area contributed by atoms with Crippen LogP contribution < -0.4 is 10.2 Å². The highest BCUT2D eigenvalue weighted by Gasteiger charge is 2.23. The zero-order valence-corrected chi connectivity index (χ0v) is 12.8. The fourth-order valence-electron chi connectivity index (χ4n) is 2.67. The number of hydrogen-bond acceptors (Lipinski definition) is 5. The molecule has 1 N–H and O–H groups in total. The maximum Gasteiger partial charge on any atom is 0.185 e. The Morgan fingerprint density at radius 2 is 2.26 bits per heavy atom. The van der Waals surface area contributed by atoms with Crippen LogP contribution in [0.4, 0.5) is 5.13 Å². The standard InChI is InChI=1S/C14H25N3OS/c1-3-17(13-6-4-5-7-13)14-16-12(11-19-14)10-15-8-9-18-2/h11,13,15H,3-10H2,1-2H3. The molecule has 1 saturated carbocycles. The molecule has 0 unspecified atom stereocenters. The van der Waals surface area contributed by atoms with Crippen molar-refractivity contribution in [2.24, 2.45) is 0 Å². The highest BCUT2D eigenvalue weighted by atomic mass is 32.1. The SMILES string of the molecule is CCN(c1nc(CNCCOC)cs1)C1CCCC1. The van der Waals surface area contributed by atoms with Crippen LogP contribution in [0.1, 0.15) is 38.3 Å². The molecule has 108 valence electrons. The Morgan fingerprint density at radius 3 is 2.95 bits per heavy atom. The zero-order valence-electron chi connectivity index (χ0n) is 12.0. The number of nitrogens with zero attached hydrogens (tertiary/aromatic N) is 2. The molecule has 2 rings (SSSR count). The minimum absolute atomic E-state index is 0.713. The highest BCUT2D eigenvalue weighted by molar-refractivity contribution is 7.13. The maximum atomic E-state index is 5.02. The summed E-state index contributed by atoms with van der Waals surface area (Å²) < 4.78 is 5.02. The number of nitrogens with one attached hydrogen (secondary N) is 1. The lowest BCUT2D eigenvalue weighted by atomic mass is 10.2. The summed E-state index contributed by atoms with van der Waals surface area (Å²) in [6.07, 6.45) is 5.40. The molecule has 0 aromatic carbocycles. The van der Waals surface area contributed by atoms with Crippen LogP contribution in [-0.2, 0) is 11.3 Å². The molecule has 0 saturated heterocycles. The van der Waals surface area contributed by atoms with Gasteiger partial charge in [0.25, 0.3) is 0 Å². The van der Waals surface area contributed by atoms with E-state index in [1.54, 1.807) is 18.4 Å². The molecule has 0 atom stereocenters. The van der Waals surface area contributed by atoms with Crippen molar-refractivity contribution < 1.29 is 4.74 Å². The molecule has 19 heavy (non-hydrogen) atoms. The van der Waals surface area contributed by atoms with E-state index in [4.69, 9.17) is 9.72 Å². The van der Waals surface area contributed by atoms with Crippen LogP contribution in [0, 0.1) is 0 Å². The van der Waals surface area contributed by atoms with Crippen molar-refractivity contribution in [3.8, 4) is 0 Å². The van der Waals surface area contributed by atoms with Crippen LogP contribution in [-0.4, -0.2) is 37.8 Å². The third kappa shape index (κ3) is 4.16. The third-order valence-corrected chi connectivity index (χ3v) is 4.61. The highest BCUT2D eigenvalue weighted by Crippen LogP contribution is 2.30. The smallest absolute Gasteiger partial charge is 0.185 e. The summed E-state index contributed by atoms with van der Waals surface area (Å²) >= 11 is 1.78. The summed E-state index contributed by atoms with van der Waals surface area (Å²) in [5.74, 6) is 0. The van der Waals surface area contributed by atoms with E-state index in [0.29, 0.717) is 6.04 Å². The van der Waals surface area contributed by atoms with Crippen molar-refractivity contribution in [1.29, 1.82) is 0 Å². The van der Waals surface area contributed by atoms with Gasteiger partial charge in [0.1, 0.15) is 0 Å². The third-order valence-electron chi connectivity index (χ3n) is 3.68. The van der Waals surface area contributed by atoms with Crippen molar-refractivity contribution in [2.75, 3.05) is 31.7 Å². The average molecular weight is 283 g/mol. The van der Waals surface area contributed by atoms with Gasteiger partial charge in [-0.2, -0.15) is 0 Å². The van der Waals surface area contributed by atoms with Gasteiger partial charge >= 0.3 is 0 Å². The molecule has 1 aliphatic carbocycles. The second kappa shape index (κ2) is 7.82. The first-order valence-corrected chi connectivity index (χ1v) is 8.13. The lowest BCUT2D eigenvalue weighted by molar-refractivity contribution is 0.199. The molecule has 5 heteroatoms. The Balaban J connectivity index is 1.87. The van der Waals surface area contributed by atoms with Gasteiger partial charge in [-0.15, -0.1) is 11.3 Å². The van der Waals surface area contributed by atoms with Crippen molar-refractivity contribution in [3.63, 3.8) is 0 Å². The first-order chi connectivity index (χ1) is 9.35. The monoisotopic (exact) mass is 283 g/mol. The summed E-state index contributed by atoms with van der Waals surface area (Å²) in [6.45, 7) is 5.76. The quantitative estimate of drug-likeness (QED) is 0.744. The van der Waals surface area contributed by atoms with Gasteiger partial charge in [0.05, 0.1) is 12.3 Å². The Bertz CT molecular complexity index is 363. The minimum atomic E-state index is 0.713. The second-order valence-electron chi connectivity index (χ2n) is 5.02. The van der Waals surface area contributed by atoms with Crippen LogP contribution in [0.3, 0.4) is 0 Å². The van der Waals surface area contributed by atoms with Crippen LogP contribution in [0.2, 0.25) is 0 Å². The molecular weight excluding hydrogens is 258 g/mol. The molecule has 1 aromatic rings. The topological polar surface area (TPSA) is 37.4 Å². The minimum Gasteiger partial charge on any atom is -0.383 e. The van der Waals surface area contributed by atoms with Gasteiger partial charge < -0.3 is 15.0 Å². The number of anilines is 1. The number of methoxy groups -OCH3 is 1. The van der Waals surface area contributed by atoms with Crippen molar-refractivity contribution in [2.45, 2.75) is 45.2 Å². The number of hydrogen-bond donors (Lipinski definition) is 1. The van der Waals surface area contributed by atoms with Gasteiger partial charge in [-0.05, 0) is 19.8 Å². The number of rotatable bonds is 8. The van der Waals surface area contributed by atoms with E-state index in [9.17, 15) is 0 Å². The Hall–Kier alpha value is -0.650. The molecule has 1 aliphatic rings. The van der Waals surface area contributed by atoms with Gasteiger partial charge in [-0.3, -0.25) is 0 Å². The molecule has 1 fully saturated rings. The summed E-state index contributed by atoms with van der Waals surface area (Å²) in [6, 6.07) is 0.713. The normalized spacial score (nSPS) is 16.1. The first-order valence-electron chi connectivity index (χ1n) is 7.25. The van der Waals surface area contributed by atoms with Gasteiger partial charge in [0, 0.05) is 38.2 Å². The predicted octanol–water partition coefficient (Wildman–Crippen LogP) is 2.65. The van der Waals surface area contributed by atoms with Crippen LogP contribution in [0.5, 0.6) is 0 Å². The molecule has 1 heterocycles. The van der Waals surface area contributed by atoms with E-state index in [-0.39, 0.29) is 0 Å². The molecule has 0 bridgehead atoms. The van der Waals surface area contributed by atoms with E-state index in [1.807, 2.05) is 0 Å². The van der Waals surface area contributed by atoms with Crippen LogP contribution in [0.15, 0.2) is 5.38 Å². The average Bonchev–Trinajstić information content (AvgIpc) is 3.08. The van der Waals surface area contributed by atoms with E-state index in [1.165, 1.54) is 30.8 Å². The first kappa shape index (κ1) is 14.8. The van der Waals surface area contributed by atoms with Gasteiger partial charge in [0.2, 0.25) is 0 Å². The largest absolute Gasteiger partial charge is 0.383 e. The van der Waals surface area contributed by atoms with E-state index in [2.05, 4.69) is 22.5 Å². The van der Waals surface area contributed by atoms with Crippen LogP contribution >= 0.6 is 11.3 Å². The molecule has 0 radical (unpaired) electrons. The molecule has 0 amide bonds. The summed E-state index contributed by atoms with van der Waals surface area (Å²) in [5, 5.41) is 6.71. The number of thiazole rings is 1. The fraction of sp³-hybridized carbons (Fsp3) is 0.786. The Kier molecular flexibility index (Phi) is 6.07. The molecule has 4 nitrogen and oxygen atoms in total. The van der Waals surface area contributed by atoms with Gasteiger partial charge in [-0.25, -0.2) is 4.98 Å².